The molecule has 5 heteroatoms. The predicted octanol–water partition coefficient (Wildman–Crippen LogP) is 4.82. The summed E-state index contributed by atoms with van der Waals surface area (Å²) < 4.78 is 61.5. The normalized spacial score (nSPS) is 23.3. The van der Waals surface area contributed by atoms with Crippen molar-refractivity contribution in [2.75, 3.05) is 6.61 Å². The van der Waals surface area contributed by atoms with Crippen LogP contribution in [0.25, 0.3) is 0 Å². The van der Waals surface area contributed by atoms with Gasteiger partial charge in [0, 0.05) is 13.0 Å². The van der Waals surface area contributed by atoms with Crippen molar-refractivity contribution in [1.29, 1.82) is 0 Å². The molecule has 1 aliphatic rings. The zero-order valence-corrected chi connectivity index (χ0v) is 12.3. The minimum atomic E-state index is -3.38. The number of aryl methyl sites for hydroxylation is 1. The number of halogens is 4. The average molecular weight is 304 g/mol. The lowest BCUT2D eigenvalue weighted by Crippen LogP contribution is -2.29. The van der Waals surface area contributed by atoms with Gasteiger partial charge in [-0.15, -0.1) is 0 Å². The van der Waals surface area contributed by atoms with Gasteiger partial charge in [-0.05, 0) is 43.7 Å². The monoisotopic (exact) mass is 304 g/mol. The number of rotatable bonds is 4. The van der Waals surface area contributed by atoms with Gasteiger partial charge in [-0.2, -0.15) is 0 Å². The molecular formula is C16H20F4O. The fourth-order valence-corrected chi connectivity index (χ4v) is 2.84. The van der Waals surface area contributed by atoms with E-state index in [0.29, 0.717) is 12.8 Å². The minimum Gasteiger partial charge on any atom is -0.378 e. The number of ether oxygens (including phenoxy) is 1. The first-order valence-electron chi connectivity index (χ1n) is 7.32. The van der Waals surface area contributed by atoms with Crippen LogP contribution in [0.1, 0.15) is 44.2 Å². The van der Waals surface area contributed by atoms with Crippen LogP contribution in [-0.4, -0.2) is 12.7 Å². The van der Waals surface area contributed by atoms with Crippen LogP contribution in [0.3, 0.4) is 0 Å². The third-order valence-electron chi connectivity index (χ3n) is 4.07. The Morgan fingerprint density at radius 3 is 2.52 bits per heavy atom. The second kappa shape index (κ2) is 6.34. The minimum absolute atomic E-state index is 0.0759. The molecule has 0 aromatic heterocycles. The molecule has 2 unspecified atom stereocenters. The SMILES string of the molecule is CCc1ccc(F)c(F)c1C(F)(F)CC1CCC(C)OC1. The fraction of sp³-hybridized carbons (Fsp3) is 0.625. The lowest BCUT2D eigenvalue weighted by atomic mass is 9.88. The van der Waals surface area contributed by atoms with Gasteiger partial charge in [-0.3, -0.25) is 0 Å². The van der Waals surface area contributed by atoms with Gasteiger partial charge in [0.2, 0.25) is 0 Å². The Hall–Kier alpha value is -1.10. The molecule has 0 N–H and O–H groups in total. The van der Waals surface area contributed by atoms with Gasteiger partial charge in [0.25, 0.3) is 5.92 Å². The van der Waals surface area contributed by atoms with Crippen LogP contribution in [0, 0.1) is 17.6 Å². The smallest absolute Gasteiger partial charge is 0.276 e. The van der Waals surface area contributed by atoms with E-state index in [9.17, 15) is 17.6 Å². The third-order valence-corrected chi connectivity index (χ3v) is 4.07. The summed E-state index contributed by atoms with van der Waals surface area (Å²) in [5.41, 5.74) is -0.632. The summed E-state index contributed by atoms with van der Waals surface area (Å²) in [6, 6.07) is 2.14. The standard InChI is InChI=1S/C16H20F4O/c1-3-12-6-7-13(17)15(18)14(12)16(19,20)8-11-5-4-10(2)21-9-11/h6-7,10-11H,3-5,8-9H2,1-2H3. The second-order valence-electron chi connectivity index (χ2n) is 5.74. The first-order chi connectivity index (χ1) is 9.85. The first kappa shape index (κ1) is 16.3. The van der Waals surface area contributed by atoms with Crippen LogP contribution in [0.5, 0.6) is 0 Å². The molecule has 21 heavy (non-hydrogen) atoms. The van der Waals surface area contributed by atoms with E-state index in [0.717, 1.165) is 6.07 Å². The van der Waals surface area contributed by atoms with Crippen LogP contribution in [0.2, 0.25) is 0 Å². The van der Waals surface area contributed by atoms with Gasteiger partial charge in [0.05, 0.1) is 11.7 Å². The topological polar surface area (TPSA) is 9.23 Å². The highest BCUT2D eigenvalue weighted by Gasteiger charge is 2.40. The second-order valence-corrected chi connectivity index (χ2v) is 5.74. The van der Waals surface area contributed by atoms with E-state index in [1.807, 2.05) is 6.92 Å². The molecule has 1 aromatic carbocycles. The van der Waals surface area contributed by atoms with Crippen molar-refractivity contribution in [3.05, 3.63) is 34.9 Å². The van der Waals surface area contributed by atoms with E-state index in [1.165, 1.54) is 6.07 Å². The summed E-state index contributed by atoms with van der Waals surface area (Å²) in [6.45, 7) is 3.79. The molecule has 0 aliphatic carbocycles. The van der Waals surface area contributed by atoms with Crippen molar-refractivity contribution in [1.82, 2.24) is 0 Å². The molecule has 0 amide bonds. The molecule has 0 saturated carbocycles. The van der Waals surface area contributed by atoms with Crippen molar-refractivity contribution < 1.29 is 22.3 Å². The molecule has 118 valence electrons. The van der Waals surface area contributed by atoms with Crippen molar-refractivity contribution in [3.63, 3.8) is 0 Å². The van der Waals surface area contributed by atoms with E-state index < -0.39 is 29.5 Å². The van der Waals surface area contributed by atoms with Crippen LogP contribution in [0.4, 0.5) is 17.6 Å². The van der Waals surface area contributed by atoms with Crippen molar-refractivity contribution in [2.45, 2.75) is 51.6 Å². The summed E-state index contributed by atoms with van der Waals surface area (Å²) in [5.74, 6) is -6.37. The molecule has 0 bridgehead atoms. The molecule has 0 spiro atoms. The largest absolute Gasteiger partial charge is 0.378 e. The van der Waals surface area contributed by atoms with Crippen LogP contribution in [0.15, 0.2) is 12.1 Å². The number of hydrogen-bond acceptors (Lipinski definition) is 1. The number of alkyl halides is 2. The quantitative estimate of drug-likeness (QED) is 0.724. The molecule has 1 nitrogen and oxygen atoms in total. The summed E-state index contributed by atoms with van der Waals surface area (Å²) in [7, 11) is 0. The van der Waals surface area contributed by atoms with Gasteiger partial charge in [-0.25, -0.2) is 17.6 Å². The van der Waals surface area contributed by atoms with E-state index >= 15 is 0 Å². The van der Waals surface area contributed by atoms with Crippen LogP contribution >= 0.6 is 0 Å². The Labute approximate surface area is 122 Å². The third kappa shape index (κ3) is 3.57. The fourth-order valence-electron chi connectivity index (χ4n) is 2.84. The average Bonchev–Trinajstić information content (AvgIpc) is 2.43. The molecule has 1 fully saturated rings. The first-order valence-corrected chi connectivity index (χ1v) is 7.32. The zero-order chi connectivity index (χ0) is 15.6. The van der Waals surface area contributed by atoms with Gasteiger partial charge >= 0.3 is 0 Å². The highest BCUT2D eigenvalue weighted by molar-refractivity contribution is 5.33. The number of benzene rings is 1. The zero-order valence-electron chi connectivity index (χ0n) is 12.3. The Morgan fingerprint density at radius 2 is 1.95 bits per heavy atom. The highest BCUT2D eigenvalue weighted by Crippen LogP contribution is 2.41. The van der Waals surface area contributed by atoms with E-state index in [2.05, 4.69) is 0 Å². The molecular weight excluding hydrogens is 284 g/mol. The number of hydrogen-bond donors (Lipinski definition) is 0. The molecule has 1 saturated heterocycles. The molecule has 2 atom stereocenters. The molecule has 2 rings (SSSR count). The molecule has 1 aromatic rings. The Balaban J connectivity index is 2.24. The summed E-state index contributed by atoms with van der Waals surface area (Å²) in [6.07, 6.45) is 1.14. The van der Waals surface area contributed by atoms with Crippen molar-refractivity contribution in [3.8, 4) is 0 Å². The van der Waals surface area contributed by atoms with Crippen LogP contribution < -0.4 is 0 Å². The summed E-state index contributed by atoms with van der Waals surface area (Å²) in [5, 5.41) is 0. The van der Waals surface area contributed by atoms with Gasteiger partial charge < -0.3 is 4.74 Å². The Bertz CT molecular complexity index is 493. The summed E-state index contributed by atoms with van der Waals surface area (Å²) in [4.78, 5) is 0. The van der Waals surface area contributed by atoms with Crippen molar-refractivity contribution in [2.24, 2.45) is 5.92 Å². The van der Waals surface area contributed by atoms with E-state index in [-0.39, 0.29) is 30.6 Å². The summed E-state index contributed by atoms with van der Waals surface area (Å²) >= 11 is 0. The lowest BCUT2D eigenvalue weighted by Gasteiger charge is -2.30. The van der Waals surface area contributed by atoms with Gasteiger partial charge in [0.1, 0.15) is 0 Å². The highest BCUT2D eigenvalue weighted by atomic mass is 19.3. The molecule has 1 heterocycles. The maximum Gasteiger partial charge on any atom is 0.276 e. The maximum absolute atomic E-state index is 14.5. The van der Waals surface area contributed by atoms with E-state index in [1.54, 1.807) is 6.92 Å². The Kier molecular flexibility index (Phi) is 4.91. The molecule has 1 aliphatic heterocycles. The maximum atomic E-state index is 14.5. The van der Waals surface area contributed by atoms with E-state index in [4.69, 9.17) is 4.74 Å². The lowest BCUT2D eigenvalue weighted by molar-refractivity contribution is -0.0728. The van der Waals surface area contributed by atoms with Crippen molar-refractivity contribution >= 4 is 0 Å². The predicted molar refractivity (Wildman–Crippen MR) is 72.4 cm³/mol. The van der Waals surface area contributed by atoms with Gasteiger partial charge in [-0.1, -0.05) is 13.0 Å². The van der Waals surface area contributed by atoms with Gasteiger partial charge in [0.15, 0.2) is 11.6 Å². The Morgan fingerprint density at radius 1 is 1.24 bits per heavy atom. The van der Waals surface area contributed by atoms with Crippen LogP contribution in [-0.2, 0) is 17.1 Å². The molecule has 0 radical (unpaired) electrons.